The van der Waals surface area contributed by atoms with Gasteiger partial charge in [0.15, 0.2) is 5.17 Å². The second kappa shape index (κ2) is 8.79. The van der Waals surface area contributed by atoms with Gasteiger partial charge in [-0.3, -0.25) is 5.32 Å². The Labute approximate surface area is 113 Å². The van der Waals surface area contributed by atoms with Gasteiger partial charge in [0.25, 0.3) is 0 Å². The minimum absolute atomic E-state index is 0.247. The van der Waals surface area contributed by atoms with Crippen LogP contribution in [-0.4, -0.2) is 61.0 Å². The molecule has 1 N–H and O–H groups in total. The number of aliphatic imine (C=N–C) groups is 1. The molecule has 0 saturated carbocycles. The predicted octanol–water partition coefficient (Wildman–Crippen LogP) is 1.83. The summed E-state index contributed by atoms with van der Waals surface area (Å²) in [5, 5.41) is 2.92. The molecule has 104 valence electrons. The number of nitrogens with zero attached hydrogens (tertiary/aromatic N) is 3. The number of amidine groups is 1. The highest BCUT2D eigenvalue weighted by atomic mass is 32.2. The summed E-state index contributed by atoms with van der Waals surface area (Å²) in [6.45, 7) is 2.75. The summed E-state index contributed by atoms with van der Waals surface area (Å²) in [6, 6.07) is -0.640. The van der Waals surface area contributed by atoms with Gasteiger partial charge in [0.1, 0.15) is 0 Å². The van der Waals surface area contributed by atoms with Crippen molar-refractivity contribution >= 4 is 29.0 Å². The van der Waals surface area contributed by atoms with Gasteiger partial charge in [0.05, 0.1) is 0 Å². The summed E-state index contributed by atoms with van der Waals surface area (Å²) >= 11 is 1.23. The van der Waals surface area contributed by atoms with E-state index in [0.29, 0.717) is 11.7 Å². The lowest BCUT2D eigenvalue weighted by molar-refractivity contribution is 0.213. The largest absolute Gasteiger partial charge is 0.345 e. The molecule has 0 fully saturated rings. The Morgan fingerprint density at radius 2 is 1.89 bits per heavy atom. The highest BCUT2D eigenvalue weighted by Gasteiger charge is 2.12. The van der Waals surface area contributed by atoms with E-state index >= 15 is 0 Å². The molecule has 0 aromatic rings. The summed E-state index contributed by atoms with van der Waals surface area (Å²) in [6.07, 6.45) is 3.74. The van der Waals surface area contributed by atoms with Crippen molar-refractivity contribution in [2.45, 2.75) is 19.8 Å². The van der Waals surface area contributed by atoms with E-state index in [0.717, 1.165) is 12.8 Å². The smallest absolute Gasteiger partial charge is 0.329 e. The molecule has 0 bridgehead atoms. The van der Waals surface area contributed by atoms with Gasteiger partial charge in [-0.25, -0.2) is 9.59 Å². The Hall–Kier alpha value is -1.24. The maximum atomic E-state index is 11.8. The van der Waals surface area contributed by atoms with Crippen molar-refractivity contribution < 1.29 is 9.59 Å². The number of carbonyl (C=O) groups excluding carboxylic acids is 2. The zero-order valence-corrected chi connectivity index (χ0v) is 12.5. The van der Waals surface area contributed by atoms with Crippen LogP contribution in [0.1, 0.15) is 19.8 Å². The van der Waals surface area contributed by atoms with Crippen LogP contribution < -0.4 is 5.32 Å². The molecule has 0 rings (SSSR count). The molecule has 0 saturated heterocycles. The first-order valence-corrected chi connectivity index (χ1v) is 7.00. The van der Waals surface area contributed by atoms with Crippen molar-refractivity contribution in [2.24, 2.45) is 4.99 Å². The van der Waals surface area contributed by atoms with E-state index < -0.39 is 6.03 Å². The second-order valence-electron chi connectivity index (χ2n) is 4.00. The van der Waals surface area contributed by atoms with Crippen molar-refractivity contribution in [1.29, 1.82) is 0 Å². The van der Waals surface area contributed by atoms with Gasteiger partial charge in [-0.2, -0.15) is 4.99 Å². The van der Waals surface area contributed by atoms with Gasteiger partial charge in [0, 0.05) is 27.7 Å². The normalized spacial score (nSPS) is 11.1. The van der Waals surface area contributed by atoms with Gasteiger partial charge in [-0.15, -0.1) is 0 Å². The number of amides is 4. The maximum Gasteiger partial charge on any atom is 0.345 e. The lowest BCUT2D eigenvalue weighted by Gasteiger charge is -2.17. The van der Waals surface area contributed by atoms with Crippen LogP contribution in [0.2, 0.25) is 0 Å². The molecular weight excluding hydrogens is 252 g/mol. The quantitative estimate of drug-likeness (QED) is 0.630. The Morgan fingerprint density at radius 1 is 1.28 bits per heavy atom. The molecule has 0 heterocycles. The first kappa shape index (κ1) is 16.8. The third-order valence-electron chi connectivity index (χ3n) is 2.18. The molecule has 18 heavy (non-hydrogen) atoms. The summed E-state index contributed by atoms with van der Waals surface area (Å²) < 4.78 is 0. The summed E-state index contributed by atoms with van der Waals surface area (Å²) in [4.78, 5) is 29.9. The molecular formula is C11H22N4O2S. The highest BCUT2D eigenvalue weighted by Crippen LogP contribution is 1.99. The fourth-order valence-corrected chi connectivity index (χ4v) is 1.35. The minimum atomic E-state index is -0.393. The highest BCUT2D eigenvalue weighted by molar-refractivity contribution is 8.13. The molecule has 0 atom stereocenters. The molecule has 0 spiro atoms. The number of carbonyl (C=O) groups is 2. The molecule has 0 aromatic heterocycles. The van der Waals surface area contributed by atoms with E-state index in [2.05, 4.69) is 17.2 Å². The van der Waals surface area contributed by atoms with Gasteiger partial charge >= 0.3 is 12.1 Å². The van der Waals surface area contributed by atoms with Crippen molar-refractivity contribution in [3.8, 4) is 0 Å². The topological polar surface area (TPSA) is 65.0 Å². The fraction of sp³-hybridized carbons (Fsp3) is 0.727. The molecule has 0 radical (unpaired) electrons. The van der Waals surface area contributed by atoms with Crippen LogP contribution in [-0.2, 0) is 0 Å². The Morgan fingerprint density at radius 3 is 2.33 bits per heavy atom. The maximum absolute atomic E-state index is 11.8. The van der Waals surface area contributed by atoms with E-state index in [1.807, 2.05) is 0 Å². The van der Waals surface area contributed by atoms with Crippen molar-refractivity contribution in [1.82, 2.24) is 15.1 Å². The van der Waals surface area contributed by atoms with Gasteiger partial charge in [-0.1, -0.05) is 25.1 Å². The Bertz CT molecular complexity index is 318. The van der Waals surface area contributed by atoms with Gasteiger partial charge in [-0.05, 0) is 12.7 Å². The van der Waals surface area contributed by atoms with E-state index in [9.17, 15) is 9.59 Å². The Balaban J connectivity index is 4.44. The molecule has 6 nitrogen and oxygen atoms in total. The third kappa shape index (κ3) is 6.48. The van der Waals surface area contributed by atoms with Crippen molar-refractivity contribution in [3.63, 3.8) is 0 Å². The number of hydrogen-bond acceptors (Lipinski definition) is 3. The van der Waals surface area contributed by atoms with Gasteiger partial charge in [0.2, 0.25) is 0 Å². The predicted molar refractivity (Wildman–Crippen MR) is 76.1 cm³/mol. The second-order valence-corrected chi connectivity index (χ2v) is 4.80. The average Bonchev–Trinajstić information content (AvgIpc) is 2.34. The van der Waals surface area contributed by atoms with E-state index in [-0.39, 0.29) is 6.03 Å². The lowest BCUT2D eigenvalue weighted by Crippen LogP contribution is -2.40. The Kier molecular flexibility index (Phi) is 8.19. The number of nitrogens with one attached hydrogen (secondary N) is 1. The number of rotatable bonds is 3. The first-order valence-electron chi connectivity index (χ1n) is 5.78. The van der Waals surface area contributed by atoms with E-state index in [1.54, 1.807) is 32.3 Å². The SMILES string of the molecule is CCCCN(C)C(=O)NC(=NC(=O)N(C)C)SC. The molecule has 0 aliphatic heterocycles. The van der Waals surface area contributed by atoms with Crippen LogP contribution in [0.5, 0.6) is 0 Å². The summed E-state index contributed by atoms with van der Waals surface area (Å²) in [5.74, 6) is 0. The molecule has 7 heteroatoms. The summed E-state index contributed by atoms with van der Waals surface area (Å²) in [7, 11) is 4.94. The molecule has 0 aliphatic rings. The lowest BCUT2D eigenvalue weighted by atomic mass is 10.3. The van der Waals surface area contributed by atoms with Crippen molar-refractivity contribution in [3.05, 3.63) is 0 Å². The molecule has 0 unspecified atom stereocenters. The zero-order valence-electron chi connectivity index (χ0n) is 11.7. The minimum Gasteiger partial charge on any atom is -0.329 e. The number of thioether (sulfide) groups is 1. The molecule has 0 aliphatic carbocycles. The zero-order chi connectivity index (χ0) is 14.1. The van der Waals surface area contributed by atoms with E-state index in [1.165, 1.54) is 16.7 Å². The number of hydrogen-bond donors (Lipinski definition) is 1. The monoisotopic (exact) mass is 274 g/mol. The number of urea groups is 2. The summed E-state index contributed by atoms with van der Waals surface area (Å²) in [5.41, 5.74) is 0. The molecule has 0 aromatic carbocycles. The molecule has 4 amide bonds. The fourth-order valence-electron chi connectivity index (χ4n) is 0.995. The van der Waals surface area contributed by atoms with Crippen LogP contribution in [0, 0.1) is 0 Å². The third-order valence-corrected chi connectivity index (χ3v) is 2.76. The van der Waals surface area contributed by atoms with Crippen LogP contribution >= 0.6 is 11.8 Å². The average molecular weight is 274 g/mol. The van der Waals surface area contributed by atoms with Crippen LogP contribution in [0.25, 0.3) is 0 Å². The van der Waals surface area contributed by atoms with Crippen LogP contribution in [0.3, 0.4) is 0 Å². The van der Waals surface area contributed by atoms with Gasteiger partial charge < -0.3 is 9.80 Å². The standard InChI is InChI=1S/C11H22N4O2S/c1-6-7-8-15(4)11(17)13-9(18-5)12-10(16)14(2)3/h6-8H2,1-5H3,(H,12,13,16,17). The van der Waals surface area contributed by atoms with E-state index in [4.69, 9.17) is 0 Å². The van der Waals surface area contributed by atoms with Crippen molar-refractivity contribution in [2.75, 3.05) is 33.9 Å². The van der Waals surface area contributed by atoms with Crippen LogP contribution in [0.4, 0.5) is 9.59 Å². The number of unbranched alkanes of at least 4 members (excludes halogenated alkanes) is 1. The first-order chi connectivity index (χ1) is 8.42. The van der Waals surface area contributed by atoms with Crippen LogP contribution in [0.15, 0.2) is 4.99 Å².